The summed E-state index contributed by atoms with van der Waals surface area (Å²) < 4.78 is 1.66. The molecule has 1 saturated heterocycles. The molecule has 0 aliphatic carbocycles. The van der Waals surface area contributed by atoms with Gasteiger partial charge in [-0.15, -0.1) is 21.9 Å². The van der Waals surface area contributed by atoms with Gasteiger partial charge in [-0.05, 0) is 25.0 Å². The first-order valence-electron chi connectivity index (χ1n) is 7.08. The number of nitrogens with zero attached hydrogens (tertiary/aromatic N) is 5. The fourth-order valence-electron chi connectivity index (χ4n) is 2.51. The maximum Gasteiger partial charge on any atom is 0.220 e. The standard InChI is InChI=1S/C14H18N6O/c1-2-3-4-14(21)16-11-7-8-19(9-11)13-6-5-12-17-15-10-20(12)18-13/h2,5-6,10-11H,1,3-4,7-9H2,(H,16,21)/t11-/m0/s1. The van der Waals surface area contributed by atoms with Crippen molar-refractivity contribution in [2.24, 2.45) is 0 Å². The van der Waals surface area contributed by atoms with Crippen LogP contribution in [0, 0.1) is 0 Å². The summed E-state index contributed by atoms with van der Waals surface area (Å²) in [5.41, 5.74) is 0.729. The number of allylic oxidation sites excluding steroid dienone is 1. The van der Waals surface area contributed by atoms with Crippen molar-refractivity contribution in [3.05, 3.63) is 31.1 Å². The Morgan fingerprint density at radius 2 is 2.43 bits per heavy atom. The molecule has 7 nitrogen and oxygen atoms in total. The number of carbonyl (C=O) groups is 1. The van der Waals surface area contributed by atoms with Gasteiger partial charge in [0.2, 0.25) is 5.91 Å². The zero-order chi connectivity index (χ0) is 14.7. The van der Waals surface area contributed by atoms with E-state index in [0.29, 0.717) is 12.8 Å². The molecule has 3 heterocycles. The van der Waals surface area contributed by atoms with E-state index in [1.807, 2.05) is 12.1 Å². The van der Waals surface area contributed by atoms with E-state index in [-0.39, 0.29) is 11.9 Å². The van der Waals surface area contributed by atoms with Gasteiger partial charge in [0.25, 0.3) is 0 Å². The van der Waals surface area contributed by atoms with Gasteiger partial charge in [-0.2, -0.15) is 4.52 Å². The maximum atomic E-state index is 11.7. The Hall–Kier alpha value is -2.44. The molecule has 21 heavy (non-hydrogen) atoms. The van der Waals surface area contributed by atoms with Gasteiger partial charge in [0.05, 0.1) is 0 Å². The van der Waals surface area contributed by atoms with Crippen LogP contribution in [0.25, 0.3) is 5.65 Å². The van der Waals surface area contributed by atoms with Crippen molar-refractivity contribution in [1.82, 2.24) is 25.1 Å². The largest absolute Gasteiger partial charge is 0.353 e. The second-order valence-corrected chi connectivity index (χ2v) is 5.15. The van der Waals surface area contributed by atoms with E-state index in [4.69, 9.17) is 0 Å². The van der Waals surface area contributed by atoms with Crippen LogP contribution in [0.2, 0.25) is 0 Å². The van der Waals surface area contributed by atoms with Gasteiger partial charge in [0, 0.05) is 25.6 Å². The van der Waals surface area contributed by atoms with Crippen LogP contribution in [-0.2, 0) is 4.79 Å². The molecule has 0 saturated carbocycles. The van der Waals surface area contributed by atoms with Crippen LogP contribution < -0.4 is 10.2 Å². The number of amides is 1. The summed E-state index contributed by atoms with van der Waals surface area (Å²) in [6, 6.07) is 4.01. The molecule has 110 valence electrons. The normalized spacial score (nSPS) is 18.1. The third kappa shape index (κ3) is 3.01. The van der Waals surface area contributed by atoms with Crippen molar-refractivity contribution in [1.29, 1.82) is 0 Å². The quantitative estimate of drug-likeness (QED) is 0.822. The molecule has 7 heteroatoms. The molecule has 0 bridgehead atoms. The lowest BCUT2D eigenvalue weighted by Gasteiger charge is -2.17. The SMILES string of the molecule is C=CCCC(=O)N[C@H]1CCN(c2ccc3nncn3n2)C1. The lowest BCUT2D eigenvalue weighted by Crippen LogP contribution is -2.37. The van der Waals surface area contributed by atoms with Gasteiger partial charge >= 0.3 is 0 Å². The Morgan fingerprint density at radius 3 is 3.29 bits per heavy atom. The fourth-order valence-corrected chi connectivity index (χ4v) is 2.51. The van der Waals surface area contributed by atoms with E-state index in [9.17, 15) is 4.79 Å². The van der Waals surface area contributed by atoms with E-state index in [0.717, 1.165) is 31.0 Å². The first-order valence-corrected chi connectivity index (χ1v) is 7.08. The number of hydrogen-bond acceptors (Lipinski definition) is 5. The highest BCUT2D eigenvalue weighted by Crippen LogP contribution is 2.18. The summed E-state index contributed by atoms with van der Waals surface area (Å²) in [7, 11) is 0. The van der Waals surface area contributed by atoms with Gasteiger partial charge in [0.1, 0.15) is 12.1 Å². The first kappa shape index (κ1) is 13.5. The molecule has 1 aliphatic rings. The highest BCUT2D eigenvalue weighted by atomic mass is 16.1. The number of hydrogen-bond donors (Lipinski definition) is 1. The molecule has 1 N–H and O–H groups in total. The summed E-state index contributed by atoms with van der Waals surface area (Å²) in [4.78, 5) is 13.9. The van der Waals surface area contributed by atoms with E-state index in [1.54, 1.807) is 16.9 Å². The second-order valence-electron chi connectivity index (χ2n) is 5.15. The van der Waals surface area contributed by atoms with Crippen molar-refractivity contribution < 1.29 is 4.79 Å². The molecule has 0 spiro atoms. The lowest BCUT2D eigenvalue weighted by atomic mass is 10.2. The van der Waals surface area contributed by atoms with E-state index < -0.39 is 0 Å². The summed E-state index contributed by atoms with van der Waals surface area (Å²) >= 11 is 0. The number of anilines is 1. The second kappa shape index (κ2) is 5.90. The molecule has 1 aliphatic heterocycles. The van der Waals surface area contributed by atoms with E-state index in [1.165, 1.54) is 0 Å². The minimum absolute atomic E-state index is 0.0870. The minimum atomic E-state index is 0.0870. The Balaban J connectivity index is 1.61. The molecule has 1 amide bonds. The van der Waals surface area contributed by atoms with Crippen LogP contribution in [-0.4, -0.2) is 44.8 Å². The van der Waals surface area contributed by atoms with Crippen LogP contribution >= 0.6 is 0 Å². The van der Waals surface area contributed by atoms with Gasteiger partial charge in [0.15, 0.2) is 5.65 Å². The average Bonchev–Trinajstić information content (AvgIpc) is 3.12. The Kier molecular flexibility index (Phi) is 3.81. The molecule has 1 atom stereocenters. The molecule has 2 aromatic rings. The number of carbonyl (C=O) groups excluding carboxylic acids is 1. The van der Waals surface area contributed by atoms with Gasteiger partial charge in [-0.1, -0.05) is 6.08 Å². The van der Waals surface area contributed by atoms with E-state index >= 15 is 0 Å². The topological polar surface area (TPSA) is 75.4 Å². The highest BCUT2D eigenvalue weighted by Gasteiger charge is 2.24. The van der Waals surface area contributed by atoms with Gasteiger partial charge in [-0.25, -0.2) is 0 Å². The van der Waals surface area contributed by atoms with Crippen LogP contribution in [0.3, 0.4) is 0 Å². The van der Waals surface area contributed by atoms with Crippen molar-refractivity contribution in [2.75, 3.05) is 18.0 Å². The van der Waals surface area contributed by atoms with Crippen LogP contribution in [0.1, 0.15) is 19.3 Å². The number of fused-ring (bicyclic) bond motifs is 1. The molecule has 3 rings (SSSR count). The summed E-state index contributed by atoms with van der Waals surface area (Å²) in [6.45, 7) is 5.29. The smallest absolute Gasteiger partial charge is 0.220 e. The van der Waals surface area contributed by atoms with Gasteiger partial charge < -0.3 is 10.2 Å². The van der Waals surface area contributed by atoms with Crippen molar-refractivity contribution in [2.45, 2.75) is 25.3 Å². The Labute approximate surface area is 122 Å². The first-order chi connectivity index (χ1) is 10.3. The predicted molar refractivity (Wildman–Crippen MR) is 79.0 cm³/mol. The summed E-state index contributed by atoms with van der Waals surface area (Å²) in [6.07, 6.45) is 5.50. The molecule has 1 fully saturated rings. The Morgan fingerprint density at radius 1 is 1.52 bits per heavy atom. The predicted octanol–water partition coefficient (Wildman–Crippen LogP) is 0.785. The molecule has 0 radical (unpaired) electrons. The average molecular weight is 286 g/mol. The summed E-state index contributed by atoms with van der Waals surface area (Å²) in [5.74, 6) is 0.967. The van der Waals surface area contributed by atoms with Crippen molar-refractivity contribution in [3.8, 4) is 0 Å². The monoisotopic (exact) mass is 286 g/mol. The Bertz CT molecular complexity index is 652. The number of rotatable bonds is 5. The van der Waals surface area contributed by atoms with Crippen LogP contribution in [0.15, 0.2) is 31.1 Å². The summed E-state index contributed by atoms with van der Waals surface area (Å²) in [5, 5.41) is 15.3. The number of nitrogens with one attached hydrogen (secondary N) is 1. The third-order valence-corrected chi connectivity index (χ3v) is 3.60. The minimum Gasteiger partial charge on any atom is -0.353 e. The van der Waals surface area contributed by atoms with Gasteiger partial charge in [-0.3, -0.25) is 4.79 Å². The highest BCUT2D eigenvalue weighted by molar-refractivity contribution is 5.76. The lowest BCUT2D eigenvalue weighted by molar-refractivity contribution is -0.121. The fraction of sp³-hybridized carbons (Fsp3) is 0.429. The molecule has 0 unspecified atom stereocenters. The van der Waals surface area contributed by atoms with Crippen LogP contribution in [0.4, 0.5) is 5.82 Å². The molecular weight excluding hydrogens is 268 g/mol. The molecular formula is C14H18N6O. The van der Waals surface area contributed by atoms with Crippen molar-refractivity contribution >= 4 is 17.4 Å². The maximum absolute atomic E-state index is 11.7. The van der Waals surface area contributed by atoms with Crippen LogP contribution in [0.5, 0.6) is 0 Å². The molecule has 2 aromatic heterocycles. The zero-order valence-electron chi connectivity index (χ0n) is 11.8. The third-order valence-electron chi connectivity index (χ3n) is 3.60. The van der Waals surface area contributed by atoms with Crippen molar-refractivity contribution in [3.63, 3.8) is 0 Å². The molecule has 0 aromatic carbocycles. The number of aromatic nitrogens is 4. The van der Waals surface area contributed by atoms with E-state index in [2.05, 4.69) is 32.1 Å². The zero-order valence-corrected chi connectivity index (χ0v) is 11.8.